The summed E-state index contributed by atoms with van der Waals surface area (Å²) in [5, 5.41) is 18.1. The Morgan fingerprint density at radius 3 is 2.18 bits per heavy atom. The third kappa shape index (κ3) is 7.22. The van der Waals surface area contributed by atoms with Crippen molar-refractivity contribution in [1.29, 1.82) is 0 Å². The molecule has 0 atom stereocenters. The zero-order chi connectivity index (χ0) is 32.1. The van der Waals surface area contributed by atoms with Crippen molar-refractivity contribution < 1.29 is 52.7 Å². The number of aliphatic carboxylic acids is 2. The number of ketones is 1. The Hall–Kier alpha value is -4.36. The molecule has 0 unspecified atom stereocenters. The van der Waals surface area contributed by atoms with E-state index in [4.69, 9.17) is 40.8 Å². The summed E-state index contributed by atoms with van der Waals surface area (Å²) in [4.78, 5) is 48.2. The zero-order valence-electron chi connectivity index (χ0n) is 23.9. The summed E-state index contributed by atoms with van der Waals surface area (Å²) in [6, 6.07) is 4.61. The molecular weight excluding hydrogens is 621 g/mol. The number of fused-ring (bicyclic) bond motifs is 2. The van der Waals surface area contributed by atoms with Gasteiger partial charge in [0.1, 0.15) is 13.2 Å². The number of nitrogens with zero attached hydrogens (tertiary/aromatic N) is 1. The number of amides is 1. The molecule has 0 saturated carbocycles. The molecule has 0 fully saturated rings. The first kappa shape index (κ1) is 32.6. The molecule has 4 rings (SSSR count). The zero-order valence-corrected chi connectivity index (χ0v) is 25.4. The van der Waals surface area contributed by atoms with Gasteiger partial charge in [-0.15, -0.1) is 11.3 Å². The van der Waals surface area contributed by atoms with E-state index in [0.717, 1.165) is 16.9 Å². The molecule has 2 aromatic carbocycles. The van der Waals surface area contributed by atoms with Crippen LogP contribution < -0.4 is 18.9 Å². The number of thiophene rings is 1. The summed E-state index contributed by atoms with van der Waals surface area (Å²) in [6.45, 7) is 4.13. The number of carboxylic acids is 2. The topological polar surface area (TPSA) is 149 Å². The first-order chi connectivity index (χ1) is 20.9. The summed E-state index contributed by atoms with van der Waals surface area (Å²) >= 11 is 7.68. The van der Waals surface area contributed by atoms with Crippen LogP contribution in [0.15, 0.2) is 30.4 Å². The third-order valence-corrected chi connectivity index (χ3v) is 8.32. The number of halogens is 2. The van der Waals surface area contributed by atoms with E-state index in [2.05, 4.69) is 6.58 Å². The van der Waals surface area contributed by atoms with Gasteiger partial charge in [-0.3, -0.25) is 19.2 Å². The van der Waals surface area contributed by atoms with Gasteiger partial charge in [0.2, 0.25) is 5.91 Å². The van der Waals surface area contributed by atoms with Gasteiger partial charge in [-0.05, 0) is 28.8 Å². The number of methoxy groups -OCH3 is 2. The molecule has 44 heavy (non-hydrogen) atoms. The van der Waals surface area contributed by atoms with Crippen LogP contribution in [0.4, 0.5) is 4.39 Å². The molecule has 2 heterocycles. The molecule has 3 aromatic rings. The molecule has 1 aromatic heterocycles. The van der Waals surface area contributed by atoms with E-state index in [0.29, 0.717) is 21.6 Å². The van der Waals surface area contributed by atoms with Gasteiger partial charge in [0.05, 0.1) is 37.0 Å². The second-order valence-corrected chi connectivity index (χ2v) is 11.4. The smallest absolute Gasteiger partial charge is 0.303 e. The van der Waals surface area contributed by atoms with Crippen molar-refractivity contribution in [2.24, 2.45) is 0 Å². The maximum absolute atomic E-state index is 15.5. The largest absolute Gasteiger partial charge is 0.493 e. The Morgan fingerprint density at radius 1 is 0.932 bits per heavy atom. The molecule has 1 aliphatic heterocycles. The number of rotatable bonds is 15. The summed E-state index contributed by atoms with van der Waals surface area (Å²) in [6.07, 6.45) is -0.926. The summed E-state index contributed by atoms with van der Waals surface area (Å²) in [5.74, 6) is -3.16. The molecule has 0 bridgehead atoms. The van der Waals surface area contributed by atoms with Crippen molar-refractivity contribution in [3.8, 4) is 23.0 Å². The van der Waals surface area contributed by atoms with Crippen molar-refractivity contribution in [3.05, 3.63) is 57.2 Å². The fraction of sp³-hybridized carbons (Fsp3) is 0.333. The van der Waals surface area contributed by atoms with E-state index in [1.165, 1.54) is 31.3 Å². The van der Waals surface area contributed by atoms with Crippen LogP contribution in [-0.4, -0.2) is 66.2 Å². The molecule has 0 aliphatic carbocycles. The van der Waals surface area contributed by atoms with Gasteiger partial charge in [-0.1, -0.05) is 18.2 Å². The van der Waals surface area contributed by atoms with Gasteiger partial charge in [0.15, 0.2) is 34.6 Å². The van der Waals surface area contributed by atoms with Crippen LogP contribution in [-0.2, 0) is 27.5 Å². The van der Waals surface area contributed by atoms with Gasteiger partial charge in [0.25, 0.3) is 0 Å². The Balaban J connectivity index is 1.44. The SMILES string of the molecule is C=C(COc1c(OC)cc2c(c1Cl)CN(C(=O)CCC(=O)O)C2)COc1c(OC)cc2sc(C(=O)CCC(=O)O)cc2c1F. The highest BCUT2D eigenvalue weighted by atomic mass is 35.5. The first-order valence-corrected chi connectivity index (χ1v) is 14.5. The lowest BCUT2D eigenvalue weighted by Crippen LogP contribution is -2.25. The number of Topliss-reactive ketones (excluding diaryl/α,β-unsaturated/α-hetero) is 1. The highest BCUT2D eigenvalue weighted by molar-refractivity contribution is 7.20. The Labute approximate surface area is 260 Å². The first-order valence-electron chi connectivity index (χ1n) is 13.3. The molecule has 1 amide bonds. The highest BCUT2D eigenvalue weighted by Gasteiger charge is 2.29. The molecule has 2 N–H and O–H groups in total. The van der Waals surface area contributed by atoms with Crippen LogP contribution in [0.25, 0.3) is 10.1 Å². The maximum atomic E-state index is 15.5. The van der Waals surface area contributed by atoms with E-state index in [9.17, 15) is 19.2 Å². The average Bonchev–Trinajstić information content (AvgIpc) is 3.62. The lowest BCUT2D eigenvalue weighted by Gasteiger charge is -2.17. The average molecular weight is 650 g/mol. The number of carbonyl (C=O) groups is 4. The number of hydrogen-bond donors (Lipinski definition) is 2. The number of ether oxygens (including phenoxy) is 4. The van der Waals surface area contributed by atoms with E-state index in [-0.39, 0.29) is 90.4 Å². The van der Waals surface area contributed by atoms with Crippen molar-refractivity contribution in [3.63, 3.8) is 0 Å². The fourth-order valence-electron chi connectivity index (χ4n) is 4.55. The number of hydrogen-bond acceptors (Lipinski definition) is 9. The lowest BCUT2D eigenvalue weighted by atomic mass is 10.1. The minimum Gasteiger partial charge on any atom is -0.493 e. The summed E-state index contributed by atoms with van der Waals surface area (Å²) in [7, 11) is 2.79. The van der Waals surface area contributed by atoms with E-state index in [1.807, 2.05) is 0 Å². The fourth-order valence-corrected chi connectivity index (χ4v) is 5.94. The lowest BCUT2D eigenvalue weighted by molar-refractivity contribution is -0.141. The molecular formula is C30H29ClFNO10S. The van der Waals surface area contributed by atoms with Crippen molar-refractivity contribution >= 4 is 56.7 Å². The molecule has 11 nitrogen and oxygen atoms in total. The maximum Gasteiger partial charge on any atom is 0.303 e. The monoisotopic (exact) mass is 649 g/mol. The normalized spacial score (nSPS) is 12.1. The predicted molar refractivity (Wildman–Crippen MR) is 159 cm³/mol. The van der Waals surface area contributed by atoms with Gasteiger partial charge < -0.3 is 34.1 Å². The van der Waals surface area contributed by atoms with Gasteiger partial charge >= 0.3 is 11.9 Å². The van der Waals surface area contributed by atoms with Crippen LogP contribution >= 0.6 is 22.9 Å². The second-order valence-electron chi connectivity index (χ2n) is 9.89. The minimum absolute atomic E-state index is 0.0804. The van der Waals surface area contributed by atoms with E-state index < -0.39 is 23.5 Å². The molecule has 0 saturated heterocycles. The number of benzene rings is 2. The Kier molecular flexibility index (Phi) is 10.3. The summed E-state index contributed by atoms with van der Waals surface area (Å²) in [5.41, 5.74) is 1.82. The van der Waals surface area contributed by atoms with Crippen LogP contribution in [0.2, 0.25) is 5.02 Å². The van der Waals surface area contributed by atoms with E-state index >= 15 is 4.39 Å². The Morgan fingerprint density at radius 2 is 1.55 bits per heavy atom. The molecule has 0 radical (unpaired) electrons. The van der Waals surface area contributed by atoms with Crippen LogP contribution in [0.5, 0.6) is 23.0 Å². The number of carbonyl (C=O) groups excluding carboxylic acids is 2. The minimum atomic E-state index is -1.10. The van der Waals surface area contributed by atoms with Crippen molar-refractivity contribution in [2.45, 2.75) is 38.8 Å². The van der Waals surface area contributed by atoms with Gasteiger partial charge in [0, 0.05) is 42.1 Å². The third-order valence-electron chi connectivity index (χ3n) is 6.80. The van der Waals surface area contributed by atoms with Crippen molar-refractivity contribution in [1.82, 2.24) is 4.90 Å². The van der Waals surface area contributed by atoms with Crippen LogP contribution in [0, 0.1) is 5.82 Å². The molecule has 14 heteroatoms. The van der Waals surface area contributed by atoms with Crippen molar-refractivity contribution in [2.75, 3.05) is 27.4 Å². The molecule has 1 aliphatic rings. The molecule has 0 spiro atoms. The van der Waals surface area contributed by atoms with Crippen LogP contribution in [0.3, 0.4) is 0 Å². The quantitative estimate of drug-likeness (QED) is 0.160. The van der Waals surface area contributed by atoms with E-state index in [1.54, 1.807) is 6.07 Å². The molecule has 234 valence electrons. The predicted octanol–water partition coefficient (Wildman–Crippen LogP) is 5.48. The van der Waals surface area contributed by atoms with Gasteiger partial charge in [-0.2, -0.15) is 0 Å². The highest BCUT2D eigenvalue weighted by Crippen LogP contribution is 2.44. The summed E-state index contributed by atoms with van der Waals surface area (Å²) < 4.78 is 38.3. The van der Waals surface area contributed by atoms with Gasteiger partial charge in [-0.25, -0.2) is 4.39 Å². The van der Waals surface area contributed by atoms with Crippen LogP contribution in [0.1, 0.15) is 46.5 Å². The standard InChI is InChI=1S/C30H29ClFNO10S/c1-15(13-42-29-20(40-2)8-16-11-33(12-18(16)27(29)31)24(35)5-7-26(38)39)14-43-30-21(41-3)10-22-17(28(30)32)9-23(44-22)19(34)4-6-25(36)37/h8-10H,1,4-7,11-14H2,2-3H3,(H,36,37)(H,38,39). The Bertz CT molecular complexity index is 1650. The number of carboxylic acid groups (broad SMARTS) is 2. The second kappa shape index (κ2) is 14.0.